The second-order valence-electron chi connectivity index (χ2n) is 8.56. The number of thiazole rings is 1. The van der Waals surface area contributed by atoms with Gasteiger partial charge < -0.3 is 15.0 Å². The molecular formula is C23H23ClN6O2S. The molecular weight excluding hydrogens is 460 g/mol. The molecule has 0 bridgehead atoms. The van der Waals surface area contributed by atoms with Crippen molar-refractivity contribution in [2.45, 2.75) is 51.7 Å². The van der Waals surface area contributed by atoms with Crippen molar-refractivity contribution >= 4 is 40.0 Å². The Morgan fingerprint density at radius 2 is 2.12 bits per heavy atom. The Balaban J connectivity index is 1.60. The SMILES string of the molecule is Cc1ncsc1CCn1c(-c2ccc(CC(N)=O)cc2Cl)nc2c(OC3(C)CC3)ncnc21. The number of hydrogen-bond acceptors (Lipinski definition) is 7. The molecule has 33 heavy (non-hydrogen) atoms. The van der Waals surface area contributed by atoms with Crippen LogP contribution in [0.25, 0.3) is 22.6 Å². The third-order valence-electron chi connectivity index (χ3n) is 5.86. The summed E-state index contributed by atoms with van der Waals surface area (Å²) in [5.74, 6) is 0.751. The summed E-state index contributed by atoms with van der Waals surface area (Å²) in [4.78, 5) is 30.7. The first-order valence-corrected chi connectivity index (χ1v) is 11.9. The first-order chi connectivity index (χ1) is 15.8. The highest BCUT2D eigenvalue weighted by Gasteiger charge is 2.41. The minimum atomic E-state index is -0.406. The minimum Gasteiger partial charge on any atom is -0.470 e. The van der Waals surface area contributed by atoms with Crippen molar-refractivity contribution in [3.63, 3.8) is 0 Å². The predicted molar refractivity (Wildman–Crippen MR) is 127 cm³/mol. The van der Waals surface area contributed by atoms with Crippen LogP contribution in [0.1, 0.15) is 35.9 Å². The Bertz CT molecular complexity index is 1360. The van der Waals surface area contributed by atoms with E-state index in [1.54, 1.807) is 17.4 Å². The lowest BCUT2D eigenvalue weighted by Gasteiger charge is -2.12. The number of amides is 1. The highest BCUT2D eigenvalue weighted by molar-refractivity contribution is 7.09. The zero-order valence-electron chi connectivity index (χ0n) is 18.3. The zero-order chi connectivity index (χ0) is 23.2. The first kappa shape index (κ1) is 21.8. The average Bonchev–Trinajstić information content (AvgIpc) is 3.16. The zero-order valence-corrected chi connectivity index (χ0v) is 19.9. The number of primary amides is 1. The summed E-state index contributed by atoms with van der Waals surface area (Å²) in [7, 11) is 0. The number of nitrogens with zero attached hydrogens (tertiary/aromatic N) is 5. The van der Waals surface area contributed by atoms with Crippen LogP contribution >= 0.6 is 22.9 Å². The molecule has 1 aliphatic rings. The van der Waals surface area contributed by atoms with E-state index in [1.807, 2.05) is 29.1 Å². The van der Waals surface area contributed by atoms with E-state index < -0.39 is 5.91 Å². The lowest BCUT2D eigenvalue weighted by Crippen LogP contribution is -2.13. The second-order valence-corrected chi connectivity index (χ2v) is 9.90. The highest BCUT2D eigenvalue weighted by Crippen LogP contribution is 2.41. The minimum absolute atomic E-state index is 0.128. The molecule has 1 fully saturated rings. The van der Waals surface area contributed by atoms with Gasteiger partial charge in [-0.1, -0.05) is 17.7 Å². The molecule has 1 saturated carbocycles. The average molecular weight is 483 g/mol. The molecule has 10 heteroatoms. The van der Waals surface area contributed by atoms with Crippen molar-refractivity contribution in [1.29, 1.82) is 0 Å². The molecule has 0 unspecified atom stereocenters. The summed E-state index contributed by atoms with van der Waals surface area (Å²) in [6.07, 6.45) is 4.40. The van der Waals surface area contributed by atoms with Gasteiger partial charge in [-0.3, -0.25) is 4.79 Å². The van der Waals surface area contributed by atoms with Gasteiger partial charge in [-0.05, 0) is 44.4 Å². The van der Waals surface area contributed by atoms with Gasteiger partial charge in [0.1, 0.15) is 17.8 Å². The van der Waals surface area contributed by atoms with Crippen LogP contribution < -0.4 is 10.5 Å². The van der Waals surface area contributed by atoms with Gasteiger partial charge in [-0.15, -0.1) is 11.3 Å². The van der Waals surface area contributed by atoms with Crippen molar-refractivity contribution in [2.24, 2.45) is 5.73 Å². The van der Waals surface area contributed by atoms with E-state index >= 15 is 0 Å². The van der Waals surface area contributed by atoms with E-state index in [9.17, 15) is 4.79 Å². The topological polar surface area (TPSA) is 109 Å². The molecule has 2 N–H and O–H groups in total. The van der Waals surface area contributed by atoms with Gasteiger partial charge in [0.25, 0.3) is 0 Å². The molecule has 4 aromatic rings. The van der Waals surface area contributed by atoms with E-state index in [1.165, 1.54) is 11.2 Å². The molecule has 0 saturated heterocycles. The quantitative estimate of drug-likeness (QED) is 0.404. The van der Waals surface area contributed by atoms with Crippen LogP contribution in [0.3, 0.4) is 0 Å². The summed E-state index contributed by atoms with van der Waals surface area (Å²) < 4.78 is 8.22. The number of hydrogen-bond donors (Lipinski definition) is 1. The molecule has 5 rings (SSSR count). The second kappa shape index (κ2) is 8.39. The summed E-state index contributed by atoms with van der Waals surface area (Å²) in [5.41, 5.74) is 10.8. The van der Waals surface area contributed by atoms with Crippen molar-refractivity contribution < 1.29 is 9.53 Å². The van der Waals surface area contributed by atoms with E-state index in [-0.39, 0.29) is 12.0 Å². The van der Waals surface area contributed by atoms with Crippen LogP contribution in [0.15, 0.2) is 30.0 Å². The lowest BCUT2D eigenvalue weighted by atomic mass is 10.1. The van der Waals surface area contributed by atoms with Crippen LogP contribution in [-0.4, -0.2) is 36.0 Å². The first-order valence-electron chi connectivity index (χ1n) is 10.7. The molecule has 0 spiro atoms. The van der Waals surface area contributed by atoms with Crippen LogP contribution in [0, 0.1) is 6.92 Å². The van der Waals surface area contributed by atoms with Crippen LogP contribution in [0.5, 0.6) is 5.88 Å². The van der Waals surface area contributed by atoms with E-state index in [0.717, 1.165) is 36.1 Å². The number of aromatic nitrogens is 5. The number of ether oxygens (including phenoxy) is 1. The summed E-state index contributed by atoms with van der Waals surface area (Å²) in [5, 5.41) is 0.490. The van der Waals surface area contributed by atoms with Gasteiger partial charge in [0.15, 0.2) is 11.2 Å². The largest absolute Gasteiger partial charge is 0.470 e. The molecule has 0 aliphatic heterocycles. The van der Waals surface area contributed by atoms with Gasteiger partial charge in [-0.2, -0.15) is 4.98 Å². The van der Waals surface area contributed by atoms with Crippen LogP contribution in [0.2, 0.25) is 5.02 Å². The highest BCUT2D eigenvalue weighted by atomic mass is 35.5. The standard InChI is InChI=1S/C23H23ClN6O2S/c1-13-17(33-12-28-13)5-8-30-20(15-4-3-14(9-16(15)24)10-18(25)31)29-19-21(30)26-11-27-22(19)32-23(2)6-7-23/h3-4,9,11-12H,5-8,10H2,1-2H3,(H2,25,31). The van der Waals surface area contributed by atoms with Gasteiger partial charge in [-0.25, -0.2) is 15.0 Å². The Labute approximate surface area is 199 Å². The molecule has 1 amide bonds. The van der Waals surface area contributed by atoms with Gasteiger partial charge in [0.05, 0.1) is 22.6 Å². The van der Waals surface area contributed by atoms with Gasteiger partial charge in [0.2, 0.25) is 11.8 Å². The summed E-state index contributed by atoms with van der Waals surface area (Å²) >= 11 is 8.28. The van der Waals surface area contributed by atoms with Crippen molar-refractivity contribution in [3.05, 3.63) is 51.2 Å². The number of aryl methyl sites for hydroxylation is 3. The number of carbonyl (C=O) groups excluding carboxylic acids is 1. The molecule has 8 nitrogen and oxygen atoms in total. The Morgan fingerprint density at radius 1 is 1.30 bits per heavy atom. The predicted octanol–water partition coefficient (Wildman–Crippen LogP) is 4.11. The van der Waals surface area contributed by atoms with Crippen LogP contribution in [0.4, 0.5) is 0 Å². The van der Waals surface area contributed by atoms with E-state index in [2.05, 4.69) is 21.9 Å². The molecule has 170 valence electrons. The maximum Gasteiger partial charge on any atom is 0.245 e. The number of fused-ring (bicyclic) bond motifs is 1. The summed E-state index contributed by atoms with van der Waals surface area (Å²) in [6, 6.07) is 5.47. The molecule has 3 heterocycles. The van der Waals surface area contributed by atoms with E-state index in [4.69, 9.17) is 27.1 Å². The maximum atomic E-state index is 11.3. The molecule has 0 radical (unpaired) electrons. The smallest absolute Gasteiger partial charge is 0.245 e. The molecule has 1 aromatic carbocycles. The normalized spacial score (nSPS) is 14.5. The van der Waals surface area contributed by atoms with Crippen molar-refractivity contribution in [2.75, 3.05) is 0 Å². The molecule has 1 aliphatic carbocycles. The maximum absolute atomic E-state index is 11.3. The fraction of sp³-hybridized carbons (Fsp3) is 0.348. The fourth-order valence-electron chi connectivity index (χ4n) is 3.75. The fourth-order valence-corrected chi connectivity index (χ4v) is 4.81. The van der Waals surface area contributed by atoms with E-state index in [0.29, 0.717) is 34.4 Å². The number of imidazole rings is 1. The monoisotopic (exact) mass is 482 g/mol. The Kier molecular flexibility index (Phi) is 5.54. The van der Waals surface area contributed by atoms with Gasteiger partial charge >= 0.3 is 0 Å². The summed E-state index contributed by atoms with van der Waals surface area (Å²) in [6.45, 7) is 4.72. The third-order valence-corrected chi connectivity index (χ3v) is 7.16. The van der Waals surface area contributed by atoms with Crippen molar-refractivity contribution in [1.82, 2.24) is 24.5 Å². The number of carbonyl (C=O) groups is 1. The van der Waals surface area contributed by atoms with Crippen molar-refractivity contribution in [3.8, 4) is 17.3 Å². The number of halogens is 1. The Hall–Kier alpha value is -3.04. The van der Waals surface area contributed by atoms with Gasteiger partial charge in [0, 0.05) is 23.4 Å². The molecule has 3 aromatic heterocycles. The number of benzene rings is 1. The number of rotatable bonds is 8. The Morgan fingerprint density at radius 3 is 2.79 bits per heavy atom. The number of nitrogens with two attached hydrogens (primary N) is 1. The third kappa shape index (κ3) is 4.43. The van der Waals surface area contributed by atoms with Crippen LogP contribution in [-0.2, 0) is 24.2 Å². The molecule has 0 atom stereocenters. The lowest BCUT2D eigenvalue weighted by molar-refractivity contribution is -0.117.